The Balaban J connectivity index is 1.42. The summed E-state index contributed by atoms with van der Waals surface area (Å²) in [4.78, 5) is 22.2. The second-order valence-corrected chi connectivity index (χ2v) is 8.25. The van der Waals surface area contributed by atoms with Gasteiger partial charge in [-0.2, -0.15) is 0 Å². The van der Waals surface area contributed by atoms with Crippen LogP contribution in [0.1, 0.15) is 27.4 Å². The summed E-state index contributed by atoms with van der Waals surface area (Å²) >= 11 is 1.61. The van der Waals surface area contributed by atoms with E-state index in [4.69, 9.17) is 0 Å². The highest BCUT2D eigenvalue weighted by molar-refractivity contribution is 7.12. The molecule has 0 atom stereocenters. The van der Waals surface area contributed by atoms with Crippen LogP contribution < -0.4 is 4.90 Å². The second-order valence-electron chi connectivity index (χ2n) is 7.41. The summed E-state index contributed by atoms with van der Waals surface area (Å²) in [5.41, 5.74) is 5.13. The predicted octanol–water partition coefficient (Wildman–Crippen LogP) is 3.86. The number of para-hydroxylation sites is 1. The largest absolute Gasteiger partial charge is 0.369 e. The Morgan fingerprint density at radius 3 is 2.43 bits per heavy atom. The van der Waals surface area contributed by atoms with E-state index in [1.54, 1.807) is 11.3 Å². The smallest absolute Gasteiger partial charge is 0.194 e. The predicted molar refractivity (Wildman–Crippen MR) is 115 cm³/mol. The fourth-order valence-corrected chi connectivity index (χ4v) is 4.79. The molecule has 1 aromatic carbocycles. The summed E-state index contributed by atoms with van der Waals surface area (Å²) in [5.74, 6) is 0.195. The van der Waals surface area contributed by atoms with Crippen LogP contribution >= 0.6 is 11.3 Å². The molecule has 1 aliphatic heterocycles. The van der Waals surface area contributed by atoms with Crippen molar-refractivity contribution in [2.45, 2.75) is 20.8 Å². The Kier molecular flexibility index (Phi) is 5.33. The molecule has 2 aromatic heterocycles. The maximum atomic E-state index is 13.0. The van der Waals surface area contributed by atoms with Crippen LogP contribution in [0.25, 0.3) is 5.13 Å². The third kappa shape index (κ3) is 3.75. The van der Waals surface area contributed by atoms with Crippen LogP contribution in [0, 0.1) is 20.8 Å². The van der Waals surface area contributed by atoms with Gasteiger partial charge < -0.3 is 4.90 Å². The van der Waals surface area contributed by atoms with Crippen molar-refractivity contribution >= 4 is 22.8 Å². The van der Waals surface area contributed by atoms with Gasteiger partial charge in [0.05, 0.1) is 12.2 Å². The van der Waals surface area contributed by atoms with Gasteiger partial charge in [-0.25, -0.2) is 4.98 Å². The molecular formula is C22H26N4OS. The zero-order valence-corrected chi connectivity index (χ0v) is 17.5. The van der Waals surface area contributed by atoms with Crippen LogP contribution in [0.5, 0.6) is 0 Å². The second kappa shape index (κ2) is 7.89. The molecule has 0 unspecified atom stereocenters. The van der Waals surface area contributed by atoms with E-state index in [0.717, 1.165) is 54.0 Å². The molecule has 1 fully saturated rings. The number of aromatic nitrogens is 2. The summed E-state index contributed by atoms with van der Waals surface area (Å²) in [6, 6.07) is 12.5. The number of piperazine rings is 1. The van der Waals surface area contributed by atoms with E-state index >= 15 is 0 Å². The van der Waals surface area contributed by atoms with Gasteiger partial charge in [0.15, 0.2) is 10.9 Å². The zero-order valence-electron chi connectivity index (χ0n) is 16.7. The number of carbonyl (C=O) groups is 1. The van der Waals surface area contributed by atoms with Crippen molar-refractivity contribution in [3.63, 3.8) is 0 Å². The number of rotatable bonds is 5. The molecule has 0 amide bonds. The molecule has 0 saturated carbocycles. The summed E-state index contributed by atoms with van der Waals surface area (Å²) in [6.45, 7) is 10.3. The van der Waals surface area contributed by atoms with Crippen molar-refractivity contribution in [2.24, 2.45) is 0 Å². The molecule has 28 heavy (non-hydrogen) atoms. The number of carbonyl (C=O) groups excluding carboxylic acids is 1. The third-order valence-corrected chi connectivity index (χ3v) is 6.33. The summed E-state index contributed by atoms with van der Waals surface area (Å²) < 4.78 is 2.10. The fraction of sp³-hybridized carbons (Fsp3) is 0.364. The number of hydrogen-bond acceptors (Lipinski definition) is 5. The van der Waals surface area contributed by atoms with Crippen LogP contribution in [0.3, 0.4) is 0 Å². The molecule has 1 saturated heterocycles. The molecule has 0 N–H and O–H groups in total. The molecule has 146 valence electrons. The number of ketones is 1. The first-order chi connectivity index (χ1) is 13.5. The molecule has 0 spiro atoms. The van der Waals surface area contributed by atoms with Crippen molar-refractivity contribution < 1.29 is 4.79 Å². The minimum absolute atomic E-state index is 0.195. The molecule has 5 nitrogen and oxygen atoms in total. The van der Waals surface area contributed by atoms with Crippen LogP contribution in [0.15, 0.2) is 41.8 Å². The normalized spacial score (nSPS) is 15.2. The van der Waals surface area contributed by atoms with Crippen molar-refractivity contribution in [3.8, 4) is 5.13 Å². The monoisotopic (exact) mass is 394 g/mol. The molecule has 3 aromatic rings. The first kappa shape index (κ1) is 18.9. The number of Topliss-reactive ketones (excluding diaryl/α,β-unsaturated/α-hetero) is 1. The summed E-state index contributed by atoms with van der Waals surface area (Å²) in [7, 11) is 0. The van der Waals surface area contributed by atoms with E-state index in [1.165, 1.54) is 5.69 Å². The first-order valence-corrected chi connectivity index (χ1v) is 10.6. The van der Waals surface area contributed by atoms with Crippen molar-refractivity contribution in [3.05, 3.63) is 64.4 Å². The van der Waals surface area contributed by atoms with E-state index < -0.39 is 0 Å². The summed E-state index contributed by atoms with van der Waals surface area (Å²) in [6.07, 6.45) is 0. The number of hydrogen-bond donors (Lipinski definition) is 0. The SMILES string of the molecule is Cc1csc(-n2c(C)cc(C(=O)CN3CCN(c4ccccc4)CC3)c2C)n1. The maximum Gasteiger partial charge on any atom is 0.194 e. The fourth-order valence-electron chi connectivity index (χ4n) is 3.87. The maximum absolute atomic E-state index is 13.0. The average Bonchev–Trinajstić information content (AvgIpc) is 3.25. The van der Waals surface area contributed by atoms with Gasteiger partial charge in [0, 0.05) is 54.2 Å². The van der Waals surface area contributed by atoms with E-state index in [2.05, 4.69) is 43.6 Å². The Labute approximate surface area is 170 Å². The lowest BCUT2D eigenvalue weighted by Crippen LogP contribution is -2.48. The van der Waals surface area contributed by atoms with Gasteiger partial charge in [0.25, 0.3) is 0 Å². The molecule has 0 radical (unpaired) electrons. The van der Waals surface area contributed by atoms with Gasteiger partial charge in [0.2, 0.25) is 0 Å². The van der Waals surface area contributed by atoms with Crippen molar-refractivity contribution in [2.75, 3.05) is 37.6 Å². The molecular weight excluding hydrogens is 368 g/mol. The number of aryl methyl sites for hydroxylation is 2. The molecule has 0 bridgehead atoms. The Morgan fingerprint density at radius 1 is 1.07 bits per heavy atom. The number of thiazole rings is 1. The highest BCUT2D eigenvalue weighted by Crippen LogP contribution is 2.24. The Morgan fingerprint density at radius 2 is 1.79 bits per heavy atom. The highest BCUT2D eigenvalue weighted by Gasteiger charge is 2.23. The van der Waals surface area contributed by atoms with Gasteiger partial charge in [-0.05, 0) is 39.0 Å². The Bertz CT molecular complexity index is 968. The summed E-state index contributed by atoms with van der Waals surface area (Å²) in [5, 5.41) is 2.98. The van der Waals surface area contributed by atoms with Gasteiger partial charge in [0.1, 0.15) is 0 Å². The van der Waals surface area contributed by atoms with Gasteiger partial charge in [-0.15, -0.1) is 11.3 Å². The topological polar surface area (TPSA) is 41.4 Å². The van der Waals surface area contributed by atoms with Crippen LogP contribution in [-0.2, 0) is 0 Å². The van der Waals surface area contributed by atoms with Crippen LogP contribution in [0.4, 0.5) is 5.69 Å². The molecule has 0 aliphatic carbocycles. The minimum Gasteiger partial charge on any atom is -0.369 e. The average molecular weight is 395 g/mol. The standard InChI is InChI=1S/C22H26N4OS/c1-16-15-28-22(23-16)26-17(2)13-20(18(26)3)21(27)14-24-9-11-25(12-10-24)19-7-5-4-6-8-19/h4-8,13,15H,9-12,14H2,1-3H3. The lowest BCUT2D eigenvalue weighted by molar-refractivity contribution is 0.0926. The van der Waals surface area contributed by atoms with Gasteiger partial charge in [-0.3, -0.25) is 14.3 Å². The molecule has 6 heteroatoms. The molecule has 1 aliphatic rings. The minimum atomic E-state index is 0.195. The zero-order chi connectivity index (χ0) is 19.7. The lowest BCUT2D eigenvalue weighted by Gasteiger charge is -2.35. The number of benzene rings is 1. The highest BCUT2D eigenvalue weighted by atomic mass is 32.1. The third-order valence-electron chi connectivity index (χ3n) is 5.39. The van der Waals surface area contributed by atoms with Crippen LogP contribution in [0.2, 0.25) is 0 Å². The van der Waals surface area contributed by atoms with Gasteiger partial charge >= 0.3 is 0 Å². The van der Waals surface area contributed by atoms with E-state index in [0.29, 0.717) is 6.54 Å². The molecule has 4 rings (SSSR count). The first-order valence-electron chi connectivity index (χ1n) is 9.70. The quantitative estimate of drug-likeness (QED) is 0.616. The lowest BCUT2D eigenvalue weighted by atomic mass is 10.1. The van der Waals surface area contributed by atoms with E-state index in [1.807, 2.05) is 38.3 Å². The van der Waals surface area contributed by atoms with E-state index in [9.17, 15) is 4.79 Å². The number of nitrogens with zero attached hydrogens (tertiary/aromatic N) is 4. The molecule has 3 heterocycles. The van der Waals surface area contributed by atoms with Crippen molar-refractivity contribution in [1.82, 2.24) is 14.5 Å². The van der Waals surface area contributed by atoms with Gasteiger partial charge in [-0.1, -0.05) is 18.2 Å². The van der Waals surface area contributed by atoms with E-state index in [-0.39, 0.29) is 5.78 Å². The Hall–Kier alpha value is -2.44. The van der Waals surface area contributed by atoms with Crippen molar-refractivity contribution in [1.29, 1.82) is 0 Å². The number of anilines is 1. The van der Waals surface area contributed by atoms with Crippen LogP contribution in [-0.4, -0.2) is 53.0 Å².